The van der Waals surface area contributed by atoms with Gasteiger partial charge in [-0.05, 0) is 116 Å². The Morgan fingerprint density at radius 3 is 1.44 bits per heavy atom. The van der Waals surface area contributed by atoms with Gasteiger partial charge >= 0.3 is 0 Å². The van der Waals surface area contributed by atoms with Gasteiger partial charge in [-0.3, -0.25) is 4.57 Å². The molecule has 5 nitrogen and oxygen atoms in total. The second-order valence-corrected chi connectivity index (χ2v) is 19.9. The first-order chi connectivity index (χ1) is 37.2. The number of para-hydroxylation sites is 3. The van der Waals surface area contributed by atoms with Crippen molar-refractivity contribution >= 4 is 43.6 Å². The molecule has 2 aliphatic carbocycles. The van der Waals surface area contributed by atoms with E-state index in [1.807, 2.05) is 6.07 Å². The Morgan fingerprint density at radius 1 is 0.280 bits per heavy atom. The number of benzene rings is 11. The zero-order valence-corrected chi connectivity index (χ0v) is 40.6. The highest BCUT2D eigenvalue weighted by Gasteiger charge is 2.53. The van der Waals surface area contributed by atoms with Gasteiger partial charge in [0.2, 0.25) is 5.95 Å². The van der Waals surface area contributed by atoms with Crippen LogP contribution >= 0.6 is 0 Å². The summed E-state index contributed by atoms with van der Waals surface area (Å²) in [6.07, 6.45) is 0. The molecule has 0 atom stereocenters. The summed E-state index contributed by atoms with van der Waals surface area (Å²) in [5.74, 6) is 1.78. The molecule has 0 N–H and O–H groups in total. The Balaban J connectivity index is 0.992. The molecule has 0 fully saturated rings. The summed E-state index contributed by atoms with van der Waals surface area (Å²) in [4.78, 5) is 16.4. The summed E-state index contributed by atoms with van der Waals surface area (Å²) < 4.78 is 4.67. The lowest BCUT2D eigenvalue weighted by Crippen LogP contribution is -2.26. The van der Waals surface area contributed by atoms with Crippen LogP contribution in [0.15, 0.2) is 261 Å². The standard InChI is InChI=1S/C70H43N5/c1-5-19-44(20-6-1)47-33-36-51-52-37-34-48(45-21-7-2-8-22-45)43-61(52)70(60(51)42-47)58-30-16-13-29-56(58)65-59(70)39-38-55-53-27-14-18-32-63(53)75(66(55)65)69-72-67(46-23-9-3-10-24-46)71-68(73-69)49-35-40-64-57(41-49)54-28-15-17-31-62(54)74(64)50-25-11-4-12-26-50/h1-43H. The zero-order chi connectivity index (χ0) is 49.2. The largest absolute Gasteiger partial charge is 0.309 e. The van der Waals surface area contributed by atoms with Crippen molar-refractivity contribution < 1.29 is 0 Å². The molecular formula is C70H43N5. The van der Waals surface area contributed by atoms with Crippen LogP contribution in [-0.2, 0) is 5.41 Å². The second-order valence-electron chi connectivity index (χ2n) is 19.9. The van der Waals surface area contributed by atoms with Crippen LogP contribution < -0.4 is 0 Å². The molecule has 348 valence electrons. The smallest absolute Gasteiger partial charge is 0.238 e. The third kappa shape index (κ3) is 5.98. The van der Waals surface area contributed by atoms with Crippen molar-refractivity contribution in [1.29, 1.82) is 0 Å². The van der Waals surface area contributed by atoms with Crippen LogP contribution in [0.5, 0.6) is 0 Å². The van der Waals surface area contributed by atoms with E-state index in [0.29, 0.717) is 17.6 Å². The number of nitrogens with zero attached hydrogens (tertiary/aromatic N) is 5. The van der Waals surface area contributed by atoms with E-state index in [9.17, 15) is 0 Å². The van der Waals surface area contributed by atoms with Gasteiger partial charge in [-0.15, -0.1) is 0 Å². The summed E-state index contributed by atoms with van der Waals surface area (Å²) in [6, 6.07) is 94.7. The molecule has 0 saturated heterocycles. The summed E-state index contributed by atoms with van der Waals surface area (Å²) >= 11 is 0. The molecule has 11 aromatic carbocycles. The lowest BCUT2D eigenvalue weighted by Gasteiger charge is -2.31. The average molecular weight is 954 g/mol. The lowest BCUT2D eigenvalue weighted by molar-refractivity contribution is 0.794. The van der Waals surface area contributed by atoms with Crippen molar-refractivity contribution in [2.24, 2.45) is 0 Å². The fraction of sp³-hybridized carbons (Fsp3) is 0.0143. The van der Waals surface area contributed by atoms with Crippen molar-refractivity contribution in [3.05, 3.63) is 283 Å². The number of fused-ring (bicyclic) bond motifs is 17. The summed E-state index contributed by atoms with van der Waals surface area (Å²) in [6.45, 7) is 0. The van der Waals surface area contributed by atoms with Crippen LogP contribution in [0, 0.1) is 0 Å². The zero-order valence-electron chi connectivity index (χ0n) is 40.6. The fourth-order valence-corrected chi connectivity index (χ4v) is 12.8. The molecule has 3 heterocycles. The van der Waals surface area contributed by atoms with Crippen LogP contribution in [-0.4, -0.2) is 24.1 Å². The normalized spacial score (nSPS) is 12.9. The van der Waals surface area contributed by atoms with Gasteiger partial charge in [0.1, 0.15) is 0 Å². The van der Waals surface area contributed by atoms with Crippen LogP contribution in [0.3, 0.4) is 0 Å². The SMILES string of the molecule is c1ccc(-c2ccc3c(c2)C2(c4cc(-c5ccccc5)ccc4-3)c3ccccc3-c3c2ccc2c4ccccc4n(-c4nc(-c5ccccc5)nc(-c5ccc6c(c5)c5ccccc5n6-c5ccccc5)n4)c32)cc1. The molecular weight excluding hydrogens is 911 g/mol. The molecule has 0 radical (unpaired) electrons. The molecule has 3 aromatic heterocycles. The van der Waals surface area contributed by atoms with E-state index in [4.69, 9.17) is 15.0 Å². The van der Waals surface area contributed by atoms with E-state index in [-0.39, 0.29) is 0 Å². The van der Waals surface area contributed by atoms with E-state index >= 15 is 0 Å². The van der Waals surface area contributed by atoms with Gasteiger partial charge in [0.25, 0.3) is 0 Å². The fourth-order valence-electron chi connectivity index (χ4n) is 12.8. The summed E-state index contributed by atoms with van der Waals surface area (Å²) in [7, 11) is 0. The Morgan fingerprint density at radius 2 is 0.787 bits per heavy atom. The van der Waals surface area contributed by atoms with Gasteiger partial charge in [0.05, 0.1) is 27.5 Å². The summed E-state index contributed by atoms with van der Waals surface area (Å²) in [5, 5.41) is 4.58. The van der Waals surface area contributed by atoms with Gasteiger partial charge in [0, 0.05) is 43.9 Å². The Hall–Kier alpha value is -9.97. The number of rotatable bonds is 6. The third-order valence-electron chi connectivity index (χ3n) is 16.0. The Bertz CT molecular complexity index is 4540. The summed E-state index contributed by atoms with van der Waals surface area (Å²) in [5.41, 5.74) is 21.4. The molecule has 0 amide bonds. The molecule has 0 unspecified atom stereocenters. The highest BCUT2D eigenvalue weighted by atomic mass is 15.2. The average Bonchev–Trinajstić information content (AvgIpc) is 4.40. The Labute approximate surface area is 433 Å². The van der Waals surface area contributed by atoms with Crippen molar-refractivity contribution in [2.45, 2.75) is 5.41 Å². The molecule has 1 spiro atoms. The van der Waals surface area contributed by atoms with E-state index in [2.05, 4.69) is 264 Å². The number of hydrogen-bond acceptors (Lipinski definition) is 3. The van der Waals surface area contributed by atoms with Gasteiger partial charge in [0.15, 0.2) is 11.6 Å². The number of hydrogen-bond donors (Lipinski definition) is 0. The Kier molecular flexibility index (Phi) is 8.89. The van der Waals surface area contributed by atoms with Gasteiger partial charge in [-0.25, -0.2) is 4.98 Å². The van der Waals surface area contributed by atoms with E-state index < -0.39 is 5.41 Å². The highest BCUT2D eigenvalue weighted by molar-refractivity contribution is 6.17. The first kappa shape index (κ1) is 41.6. The van der Waals surface area contributed by atoms with Gasteiger partial charge < -0.3 is 4.57 Å². The molecule has 2 aliphatic rings. The maximum absolute atomic E-state index is 5.59. The lowest BCUT2D eigenvalue weighted by atomic mass is 9.70. The van der Waals surface area contributed by atoms with Crippen molar-refractivity contribution in [3.63, 3.8) is 0 Å². The quantitative estimate of drug-likeness (QED) is 0.167. The van der Waals surface area contributed by atoms with Crippen LogP contribution in [0.25, 0.3) is 123 Å². The van der Waals surface area contributed by atoms with Gasteiger partial charge in [-0.1, -0.05) is 206 Å². The van der Waals surface area contributed by atoms with Crippen LogP contribution in [0.2, 0.25) is 0 Å². The minimum atomic E-state index is -0.643. The maximum Gasteiger partial charge on any atom is 0.238 e. The second kappa shape index (κ2) is 16.0. The molecule has 0 bridgehead atoms. The monoisotopic (exact) mass is 953 g/mol. The van der Waals surface area contributed by atoms with E-state index in [1.54, 1.807) is 0 Å². The first-order valence-electron chi connectivity index (χ1n) is 25.7. The first-order valence-corrected chi connectivity index (χ1v) is 25.7. The van der Waals surface area contributed by atoms with Crippen molar-refractivity contribution in [1.82, 2.24) is 24.1 Å². The third-order valence-corrected chi connectivity index (χ3v) is 16.0. The molecule has 0 saturated carbocycles. The molecule has 0 aliphatic heterocycles. The van der Waals surface area contributed by atoms with Gasteiger partial charge in [-0.2, -0.15) is 9.97 Å². The van der Waals surface area contributed by atoms with Crippen molar-refractivity contribution in [2.75, 3.05) is 0 Å². The minimum Gasteiger partial charge on any atom is -0.309 e. The maximum atomic E-state index is 5.59. The topological polar surface area (TPSA) is 48.5 Å². The predicted molar refractivity (Wildman–Crippen MR) is 307 cm³/mol. The van der Waals surface area contributed by atoms with E-state index in [0.717, 1.165) is 55.0 Å². The predicted octanol–water partition coefficient (Wildman–Crippen LogP) is 17.1. The molecule has 16 rings (SSSR count). The highest BCUT2D eigenvalue weighted by Crippen LogP contribution is 2.65. The number of aromatic nitrogens is 5. The minimum absolute atomic E-state index is 0.564. The molecule has 5 heteroatoms. The van der Waals surface area contributed by atoms with Crippen LogP contribution in [0.4, 0.5) is 0 Å². The molecule has 14 aromatic rings. The van der Waals surface area contributed by atoms with Crippen LogP contribution in [0.1, 0.15) is 22.3 Å². The van der Waals surface area contributed by atoms with E-state index in [1.165, 1.54) is 72.1 Å². The molecule has 75 heavy (non-hydrogen) atoms. The van der Waals surface area contributed by atoms with Crippen molar-refractivity contribution in [3.8, 4) is 78.9 Å².